The SMILES string of the molecule is CNC(Cc1cc(C)ccc1C)c1cnc2ccsc2c1. The Hall–Kier alpha value is -1.71. The fourth-order valence-electron chi connectivity index (χ4n) is 2.68. The molecule has 108 valence electrons. The lowest BCUT2D eigenvalue weighted by molar-refractivity contribution is 0.589. The lowest BCUT2D eigenvalue weighted by Crippen LogP contribution is -2.19. The minimum absolute atomic E-state index is 0.296. The van der Waals surface area contributed by atoms with Gasteiger partial charge in [0.25, 0.3) is 0 Å². The van der Waals surface area contributed by atoms with E-state index in [4.69, 9.17) is 0 Å². The third kappa shape index (κ3) is 2.99. The van der Waals surface area contributed by atoms with Crippen LogP contribution in [0.4, 0.5) is 0 Å². The Morgan fingerprint density at radius 3 is 2.86 bits per heavy atom. The number of nitrogens with one attached hydrogen (secondary N) is 1. The molecule has 1 unspecified atom stereocenters. The number of aromatic nitrogens is 1. The lowest BCUT2D eigenvalue weighted by Gasteiger charge is -2.18. The molecule has 0 fully saturated rings. The van der Waals surface area contributed by atoms with E-state index in [1.165, 1.54) is 27.0 Å². The largest absolute Gasteiger partial charge is 0.313 e. The molecule has 0 saturated heterocycles. The summed E-state index contributed by atoms with van der Waals surface area (Å²) in [6.07, 6.45) is 2.99. The van der Waals surface area contributed by atoms with Crippen molar-refractivity contribution in [2.45, 2.75) is 26.3 Å². The number of pyridine rings is 1. The van der Waals surface area contributed by atoms with E-state index in [0.717, 1.165) is 11.9 Å². The Bertz CT molecular complexity index is 761. The summed E-state index contributed by atoms with van der Waals surface area (Å²) in [5.41, 5.74) is 6.42. The first-order chi connectivity index (χ1) is 10.2. The van der Waals surface area contributed by atoms with Crippen molar-refractivity contribution in [1.82, 2.24) is 10.3 Å². The molecule has 0 aliphatic rings. The molecule has 0 saturated carbocycles. The standard InChI is InChI=1S/C18H20N2S/c1-12-4-5-13(2)14(8-12)9-17(19-3)15-10-18-16(20-11-15)6-7-21-18/h4-8,10-11,17,19H,9H2,1-3H3. The van der Waals surface area contributed by atoms with Crippen LogP contribution in [0.3, 0.4) is 0 Å². The van der Waals surface area contributed by atoms with Crippen LogP contribution in [0.2, 0.25) is 0 Å². The van der Waals surface area contributed by atoms with Gasteiger partial charge in [0.15, 0.2) is 0 Å². The summed E-state index contributed by atoms with van der Waals surface area (Å²) in [5.74, 6) is 0. The summed E-state index contributed by atoms with van der Waals surface area (Å²) in [4.78, 5) is 4.56. The molecule has 0 aliphatic carbocycles. The van der Waals surface area contributed by atoms with Crippen molar-refractivity contribution in [1.29, 1.82) is 0 Å². The normalized spacial score (nSPS) is 12.7. The number of hydrogen-bond acceptors (Lipinski definition) is 3. The van der Waals surface area contributed by atoms with Crippen molar-refractivity contribution < 1.29 is 0 Å². The van der Waals surface area contributed by atoms with Crippen molar-refractivity contribution in [3.05, 3.63) is 64.2 Å². The highest BCUT2D eigenvalue weighted by Crippen LogP contribution is 2.25. The Morgan fingerprint density at radius 1 is 1.19 bits per heavy atom. The highest BCUT2D eigenvalue weighted by Gasteiger charge is 2.13. The van der Waals surface area contributed by atoms with Crippen LogP contribution in [0, 0.1) is 13.8 Å². The molecule has 0 radical (unpaired) electrons. The Morgan fingerprint density at radius 2 is 2.05 bits per heavy atom. The van der Waals surface area contributed by atoms with Crippen LogP contribution in [0.25, 0.3) is 10.2 Å². The second kappa shape index (κ2) is 5.96. The number of nitrogens with zero attached hydrogens (tertiary/aromatic N) is 1. The number of benzene rings is 1. The minimum atomic E-state index is 0.296. The molecule has 0 aliphatic heterocycles. The molecule has 3 heteroatoms. The van der Waals surface area contributed by atoms with Crippen molar-refractivity contribution in [2.75, 3.05) is 7.05 Å². The number of hydrogen-bond donors (Lipinski definition) is 1. The van der Waals surface area contributed by atoms with Crippen molar-refractivity contribution in [2.24, 2.45) is 0 Å². The fourth-order valence-corrected chi connectivity index (χ4v) is 3.47. The van der Waals surface area contributed by atoms with Crippen LogP contribution in [0.1, 0.15) is 28.3 Å². The molecule has 21 heavy (non-hydrogen) atoms. The molecule has 1 aromatic carbocycles. The predicted octanol–water partition coefficient (Wildman–Crippen LogP) is 4.42. The number of rotatable bonds is 4. The van der Waals surface area contributed by atoms with E-state index in [2.05, 4.69) is 59.9 Å². The van der Waals surface area contributed by atoms with Gasteiger partial charge in [-0.05, 0) is 61.5 Å². The predicted molar refractivity (Wildman–Crippen MR) is 91.0 cm³/mol. The van der Waals surface area contributed by atoms with Crippen molar-refractivity contribution >= 4 is 21.6 Å². The molecular weight excluding hydrogens is 276 g/mol. The summed E-state index contributed by atoms with van der Waals surface area (Å²) in [5, 5.41) is 5.53. The Labute approximate surface area is 129 Å². The first-order valence-corrected chi connectivity index (χ1v) is 8.12. The average molecular weight is 296 g/mol. The lowest BCUT2D eigenvalue weighted by atomic mass is 9.95. The average Bonchev–Trinajstić information content (AvgIpc) is 2.95. The van der Waals surface area contributed by atoms with Crippen molar-refractivity contribution in [3.8, 4) is 0 Å². The molecule has 3 rings (SSSR count). The molecule has 0 bridgehead atoms. The van der Waals surface area contributed by atoms with E-state index in [9.17, 15) is 0 Å². The van der Waals surface area contributed by atoms with Crippen LogP contribution in [0.5, 0.6) is 0 Å². The molecule has 0 spiro atoms. The quantitative estimate of drug-likeness (QED) is 0.771. The molecule has 2 heterocycles. The molecule has 1 atom stereocenters. The summed E-state index contributed by atoms with van der Waals surface area (Å²) in [7, 11) is 2.02. The van der Waals surface area contributed by atoms with E-state index in [1.54, 1.807) is 11.3 Å². The highest BCUT2D eigenvalue weighted by atomic mass is 32.1. The highest BCUT2D eigenvalue weighted by molar-refractivity contribution is 7.17. The summed E-state index contributed by atoms with van der Waals surface area (Å²) < 4.78 is 1.26. The first kappa shape index (κ1) is 14.2. The molecule has 0 amide bonds. The van der Waals surface area contributed by atoms with E-state index in [1.807, 2.05) is 13.2 Å². The van der Waals surface area contributed by atoms with E-state index >= 15 is 0 Å². The van der Waals surface area contributed by atoms with Crippen molar-refractivity contribution in [3.63, 3.8) is 0 Å². The van der Waals surface area contributed by atoms with E-state index in [-0.39, 0.29) is 0 Å². The second-order valence-corrected chi connectivity index (χ2v) is 6.50. The third-order valence-electron chi connectivity index (χ3n) is 4.00. The van der Waals surface area contributed by atoms with Gasteiger partial charge in [-0.3, -0.25) is 4.98 Å². The van der Waals surface area contributed by atoms with Gasteiger partial charge in [-0.1, -0.05) is 23.8 Å². The minimum Gasteiger partial charge on any atom is -0.313 e. The second-order valence-electron chi connectivity index (χ2n) is 5.55. The topological polar surface area (TPSA) is 24.9 Å². The number of aryl methyl sites for hydroxylation is 2. The summed E-state index contributed by atoms with van der Waals surface area (Å²) in [6.45, 7) is 4.33. The summed E-state index contributed by atoms with van der Waals surface area (Å²) >= 11 is 1.75. The third-order valence-corrected chi connectivity index (χ3v) is 4.86. The maximum atomic E-state index is 4.56. The maximum absolute atomic E-state index is 4.56. The zero-order valence-electron chi connectivity index (χ0n) is 12.7. The number of fused-ring (bicyclic) bond motifs is 1. The monoisotopic (exact) mass is 296 g/mol. The number of thiophene rings is 1. The van der Waals surface area contributed by atoms with Gasteiger partial charge < -0.3 is 5.32 Å². The van der Waals surface area contributed by atoms with Crippen LogP contribution in [-0.4, -0.2) is 12.0 Å². The van der Waals surface area contributed by atoms with Gasteiger partial charge >= 0.3 is 0 Å². The molecule has 3 aromatic rings. The van der Waals surface area contributed by atoms with E-state index in [0.29, 0.717) is 6.04 Å². The van der Waals surface area contributed by atoms with Gasteiger partial charge in [0.05, 0.1) is 10.2 Å². The molecule has 2 nitrogen and oxygen atoms in total. The summed E-state index contributed by atoms with van der Waals surface area (Å²) in [6, 6.07) is 11.3. The van der Waals surface area contributed by atoms with Gasteiger partial charge in [-0.2, -0.15) is 0 Å². The molecule has 2 aromatic heterocycles. The first-order valence-electron chi connectivity index (χ1n) is 7.24. The van der Waals surface area contributed by atoms with Gasteiger partial charge in [0.2, 0.25) is 0 Å². The van der Waals surface area contributed by atoms with Gasteiger partial charge in [-0.15, -0.1) is 11.3 Å². The zero-order chi connectivity index (χ0) is 14.8. The van der Waals surface area contributed by atoms with Gasteiger partial charge in [-0.25, -0.2) is 0 Å². The molecule has 1 N–H and O–H groups in total. The maximum Gasteiger partial charge on any atom is 0.0809 e. The van der Waals surface area contributed by atoms with Gasteiger partial charge in [0.1, 0.15) is 0 Å². The van der Waals surface area contributed by atoms with Gasteiger partial charge in [0, 0.05) is 12.2 Å². The van der Waals surface area contributed by atoms with Crippen LogP contribution < -0.4 is 5.32 Å². The molecular formula is C18H20N2S. The van der Waals surface area contributed by atoms with Crippen LogP contribution in [-0.2, 0) is 6.42 Å². The van der Waals surface area contributed by atoms with Crippen LogP contribution in [0.15, 0.2) is 41.9 Å². The zero-order valence-corrected chi connectivity index (χ0v) is 13.5. The fraction of sp³-hybridized carbons (Fsp3) is 0.278. The van der Waals surface area contributed by atoms with Crippen LogP contribution >= 0.6 is 11.3 Å². The Kier molecular flexibility index (Phi) is 4.04. The Balaban J connectivity index is 1.92. The van der Waals surface area contributed by atoms with E-state index < -0.39 is 0 Å². The smallest absolute Gasteiger partial charge is 0.0809 e. The number of likely N-dealkylation sites (N-methyl/N-ethyl adjacent to an activating group) is 1.